The summed E-state index contributed by atoms with van der Waals surface area (Å²) in [6, 6.07) is 0.628. The summed E-state index contributed by atoms with van der Waals surface area (Å²) < 4.78 is 0. The van der Waals surface area contributed by atoms with Crippen LogP contribution in [0.2, 0.25) is 0 Å². The maximum Gasteiger partial charge on any atom is 0.0306 e. The highest BCUT2D eigenvalue weighted by atomic mass is 15.2. The number of nitrogens with one attached hydrogen (secondary N) is 1. The molecule has 1 aliphatic rings. The molecule has 0 spiro atoms. The van der Waals surface area contributed by atoms with Crippen molar-refractivity contribution < 1.29 is 0 Å². The van der Waals surface area contributed by atoms with Gasteiger partial charge < -0.3 is 5.32 Å². The van der Waals surface area contributed by atoms with E-state index in [2.05, 4.69) is 44.8 Å². The standard InChI is InChI=1S/C16H34N2/c1-6-17-15(11-10-14(2)3)16(4,5)18-12-8-7-9-13-18/h14-15,17H,6-13H2,1-5H3. The van der Waals surface area contributed by atoms with Crippen LogP contribution in [0.1, 0.15) is 66.7 Å². The first kappa shape index (κ1) is 16.0. The Morgan fingerprint density at radius 2 is 1.67 bits per heavy atom. The van der Waals surface area contributed by atoms with E-state index in [1.165, 1.54) is 45.2 Å². The summed E-state index contributed by atoms with van der Waals surface area (Å²) >= 11 is 0. The number of rotatable bonds is 7. The summed E-state index contributed by atoms with van der Waals surface area (Å²) in [6.45, 7) is 15.4. The lowest BCUT2D eigenvalue weighted by Crippen LogP contribution is -2.59. The van der Waals surface area contributed by atoms with E-state index in [0.717, 1.165) is 12.5 Å². The molecule has 0 amide bonds. The van der Waals surface area contributed by atoms with E-state index in [1.807, 2.05) is 0 Å². The minimum atomic E-state index is 0.297. The Balaban J connectivity index is 2.61. The van der Waals surface area contributed by atoms with Crippen molar-refractivity contribution >= 4 is 0 Å². The number of nitrogens with zero attached hydrogens (tertiary/aromatic N) is 1. The van der Waals surface area contributed by atoms with Crippen LogP contribution in [0.25, 0.3) is 0 Å². The third-order valence-corrected chi connectivity index (χ3v) is 4.51. The van der Waals surface area contributed by atoms with Gasteiger partial charge in [0.2, 0.25) is 0 Å². The largest absolute Gasteiger partial charge is 0.312 e. The smallest absolute Gasteiger partial charge is 0.0306 e. The van der Waals surface area contributed by atoms with E-state index in [9.17, 15) is 0 Å². The number of hydrogen-bond donors (Lipinski definition) is 1. The van der Waals surface area contributed by atoms with Crippen LogP contribution in [0.3, 0.4) is 0 Å². The Morgan fingerprint density at radius 1 is 1.06 bits per heavy atom. The van der Waals surface area contributed by atoms with Crippen LogP contribution in [0, 0.1) is 5.92 Å². The zero-order valence-corrected chi connectivity index (χ0v) is 13.3. The molecule has 1 fully saturated rings. The first-order valence-electron chi connectivity index (χ1n) is 7.97. The third-order valence-electron chi connectivity index (χ3n) is 4.51. The molecule has 1 aliphatic heterocycles. The molecule has 1 unspecified atom stereocenters. The second-order valence-electron chi connectivity index (χ2n) is 6.78. The van der Waals surface area contributed by atoms with Crippen molar-refractivity contribution in [2.75, 3.05) is 19.6 Å². The normalized spacial score (nSPS) is 20.3. The summed E-state index contributed by atoms with van der Waals surface area (Å²) in [7, 11) is 0. The van der Waals surface area contributed by atoms with Crippen LogP contribution in [-0.2, 0) is 0 Å². The maximum atomic E-state index is 3.73. The minimum Gasteiger partial charge on any atom is -0.312 e. The number of likely N-dealkylation sites (N-methyl/N-ethyl adjacent to an activating group) is 1. The minimum absolute atomic E-state index is 0.297. The van der Waals surface area contributed by atoms with E-state index in [1.54, 1.807) is 0 Å². The van der Waals surface area contributed by atoms with Gasteiger partial charge in [-0.25, -0.2) is 0 Å². The second-order valence-corrected chi connectivity index (χ2v) is 6.78. The van der Waals surface area contributed by atoms with Crippen LogP contribution in [0.5, 0.6) is 0 Å². The van der Waals surface area contributed by atoms with Gasteiger partial charge in [-0.15, -0.1) is 0 Å². The predicted octanol–water partition coefficient (Wildman–Crippen LogP) is 3.67. The van der Waals surface area contributed by atoms with Gasteiger partial charge in [-0.2, -0.15) is 0 Å². The molecule has 0 aliphatic carbocycles. The van der Waals surface area contributed by atoms with Gasteiger partial charge in [-0.05, 0) is 65.1 Å². The molecule has 0 bridgehead atoms. The Hall–Kier alpha value is -0.0800. The lowest BCUT2D eigenvalue weighted by Gasteiger charge is -2.46. The molecule has 1 atom stereocenters. The number of likely N-dealkylation sites (tertiary alicyclic amines) is 1. The fourth-order valence-electron chi connectivity index (χ4n) is 3.14. The molecule has 0 aromatic rings. The fourth-order valence-corrected chi connectivity index (χ4v) is 3.14. The highest BCUT2D eigenvalue weighted by Gasteiger charge is 2.35. The van der Waals surface area contributed by atoms with E-state index in [4.69, 9.17) is 0 Å². The zero-order valence-electron chi connectivity index (χ0n) is 13.3. The van der Waals surface area contributed by atoms with Crippen molar-refractivity contribution in [3.05, 3.63) is 0 Å². The second kappa shape index (κ2) is 7.49. The summed E-state index contributed by atoms with van der Waals surface area (Å²) in [4.78, 5) is 2.71. The van der Waals surface area contributed by atoms with Crippen LogP contribution in [-0.4, -0.2) is 36.1 Å². The Kier molecular flexibility index (Phi) is 6.65. The van der Waals surface area contributed by atoms with Crippen molar-refractivity contribution in [3.8, 4) is 0 Å². The number of piperidine rings is 1. The summed E-state index contributed by atoms with van der Waals surface area (Å²) in [5.41, 5.74) is 0.297. The first-order valence-corrected chi connectivity index (χ1v) is 7.97. The average Bonchev–Trinajstić information content (AvgIpc) is 2.35. The van der Waals surface area contributed by atoms with Gasteiger partial charge in [0.05, 0.1) is 0 Å². The molecule has 0 radical (unpaired) electrons. The lowest BCUT2D eigenvalue weighted by atomic mass is 9.85. The average molecular weight is 254 g/mol. The Labute approximate surface area is 115 Å². The van der Waals surface area contributed by atoms with Crippen LogP contribution in [0.4, 0.5) is 0 Å². The third kappa shape index (κ3) is 4.55. The van der Waals surface area contributed by atoms with Gasteiger partial charge >= 0.3 is 0 Å². The highest BCUT2D eigenvalue weighted by molar-refractivity contribution is 4.94. The SMILES string of the molecule is CCNC(CCC(C)C)C(C)(C)N1CCCCC1. The van der Waals surface area contributed by atoms with Crippen molar-refractivity contribution in [2.24, 2.45) is 5.92 Å². The molecule has 1 heterocycles. The quantitative estimate of drug-likeness (QED) is 0.746. The number of hydrogen-bond acceptors (Lipinski definition) is 2. The van der Waals surface area contributed by atoms with Gasteiger partial charge in [-0.1, -0.05) is 27.2 Å². The van der Waals surface area contributed by atoms with Gasteiger partial charge in [0.15, 0.2) is 0 Å². The van der Waals surface area contributed by atoms with E-state index in [-0.39, 0.29) is 0 Å². The first-order chi connectivity index (χ1) is 8.48. The maximum absolute atomic E-state index is 3.73. The van der Waals surface area contributed by atoms with E-state index < -0.39 is 0 Å². The van der Waals surface area contributed by atoms with E-state index in [0.29, 0.717) is 11.6 Å². The van der Waals surface area contributed by atoms with Crippen molar-refractivity contribution in [2.45, 2.75) is 78.3 Å². The van der Waals surface area contributed by atoms with Gasteiger partial charge in [0.25, 0.3) is 0 Å². The van der Waals surface area contributed by atoms with Crippen molar-refractivity contribution in [1.29, 1.82) is 0 Å². The molecule has 0 aromatic carbocycles. The van der Waals surface area contributed by atoms with Crippen LogP contribution >= 0.6 is 0 Å². The molecule has 2 heteroatoms. The molecular formula is C16H34N2. The van der Waals surface area contributed by atoms with Gasteiger partial charge in [-0.3, -0.25) is 4.90 Å². The van der Waals surface area contributed by atoms with Gasteiger partial charge in [0.1, 0.15) is 0 Å². The molecule has 0 aromatic heterocycles. The Bertz CT molecular complexity index is 217. The van der Waals surface area contributed by atoms with Crippen molar-refractivity contribution in [3.63, 3.8) is 0 Å². The lowest BCUT2D eigenvalue weighted by molar-refractivity contribution is 0.0570. The monoisotopic (exact) mass is 254 g/mol. The molecule has 1 N–H and O–H groups in total. The molecule has 1 saturated heterocycles. The summed E-state index contributed by atoms with van der Waals surface area (Å²) in [5.74, 6) is 0.809. The summed E-state index contributed by atoms with van der Waals surface area (Å²) in [6.07, 6.45) is 6.81. The molecule has 2 nitrogen and oxygen atoms in total. The molecule has 18 heavy (non-hydrogen) atoms. The van der Waals surface area contributed by atoms with Crippen molar-refractivity contribution in [1.82, 2.24) is 10.2 Å². The molecule has 0 saturated carbocycles. The zero-order chi connectivity index (χ0) is 13.6. The van der Waals surface area contributed by atoms with Gasteiger partial charge in [0, 0.05) is 11.6 Å². The molecular weight excluding hydrogens is 220 g/mol. The van der Waals surface area contributed by atoms with Crippen LogP contribution < -0.4 is 5.32 Å². The van der Waals surface area contributed by atoms with E-state index >= 15 is 0 Å². The molecule has 108 valence electrons. The fraction of sp³-hybridized carbons (Fsp3) is 1.00. The summed E-state index contributed by atoms with van der Waals surface area (Å²) in [5, 5.41) is 3.73. The predicted molar refractivity (Wildman–Crippen MR) is 81.0 cm³/mol. The Morgan fingerprint density at radius 3 is 2.17 bits per heavy atom. The van der Waals surface area contributed by atoms with Crippen LogP contribution in [0.15, 0.2) is 0 Å². The topological polar surface area (TPSA) is 15.3 Å². The molecule has 1 rings (SSSR count). The highest BCUT2D eigenvalue weighted by Crippen LogP contribution is 2.27.